The SMILES string of the molecule is OC(Cc1cncs1)c1csc(I)c1. The summed E-state index contributed by atoms with van der Waals surface area (Å²) in [5, 5.41) is 11.9. The predicted molar refractivity (Wildman–Crippen MR) is 67.8 cm³/mol. The quantitative estimate of drug-likeness (QED) is 0.874. The molecule has 1 N–H and O–H groups in total. The lowest BCUT2D eigenvalue weighted by Gasteiger charge is -2.05. The van der Waals surface area contributed by atoms with Gasteiger partial charge >= 0.3 is 0 Å². The van der Waals surface area contributed by atoms with Crippen LogP contribution < -0.4 is 0 Å². The Labute approximate surface area is 104 Å². The molecule has 1 unspecified atom stereocenters. The van der Waals surface area contributed by atoms with Gasteiger partial charge in [-0.05, 0) is 39.6 Å². The molecule has 14 heavy (non-hydrogen) atoms. The van der Waals surface area contributed by atoms with Crippen molar-refractivity contribution in [3.63, 3.8) is 0 Å². The third kappa shape index (κ3) is 2.53. The van der Waals surface area contributed by atoms with E-state index < -0.39 is 6.10 Å². The van der Waals surface area contributed by atoms with E-state index in [1.54, 1.807) is 28.2 Å². The van der Waals surface area contributed by atoms with E-state index in [1.165, 1.54) is 2.88 Å². The summed E-state index contributed by atoms with van der Waals surface area (Å²) in [6.07, 6.45) is 2.08. The van der Waals surface area contributed by atoms with Crippen molar-refractivity contribution in [1.29, 1.82) is 0 Å². The highest BCUT2D eigenvalue weighted by molar-refractivity contribution is 14.1. The van der Waals surface area contributed by atoms with E-state index in [0.29, 0.717) is 6.42 Å². The van der Waals surface area contributed by atoms with Crippen molar-refractivity contribution in [3.05, 3.63) is 36.5 Å². The zero-order valence-corrected chi connectivity index (χ0v) is 11.0. The van der Waals surface area contributed by atoms with Crippen LogP contribution in [-0.4, -0.2) is 10.1 Å². The van der Waals surface area contributed by atoms with Crippen LogP contribution >= 0.6 is 45.3 Å². The fourth-order valence-corrected chi connectivity index (χ4v) is 3.20. The number of aliphatic hydroxyl groups is 1. The molecule has 1 atom stereocenters. The van der Waals surface area contributed by atoms with Gasteiger partial charge in [0.25, 0.3) is 0 Å². The minimum absolute atomic E-state index is 0.393. The van der Waals surface area contributed by atoms with Crippen LogP contribution in [0.3, 0.4) is 0 Å². The Morgan fingerprint density at radius 3 is 2.93 bits per heavy atom. The molecule has 2 rings (SSSR count). The molecule has 0 aliphatic rings. The van der Waals surface area contributed by atoms with Gasteiger partial charge < -0.3 is 5.11 Å². The fourth-order valence-electron chi connectivity index (χ4n) is 1.15. The summed E-state index contributed by atoms with van der Waals surface area (Å²) in [6, 6.07) is 2.02. The zero-order chi connectivity index (χ0) is 9.97. The summed E-state index contributed by atoms with van der Waals surface area (Å²) >= 11 is 5.50. The highest BCUT2D eigenvalue weighted by atomic mass is 127. The first-order valence-corrected chi connectivity index (χ1v) is 6.89. The van der Waals surface area contributed by atoms with Crippen LogP contribution in [0.15, 0.2) is 23.2 Å². The van der Waals surface area contributed by atoms with Crippen molar-refractivity contribution >= 4 is 45.3 Å². The first-order valence-electron chi connectivity index (χ1n) is 4.05. The van der Waals surface area contributed by atoms with Crippen molar-refractivity contribution in [2.24, 2.45) is 0 Å². The fraction of sp³-hybridized carbons (Fsp3) is 0.222. The number of thiazole rings is 1. The maximum atomic E-state index is 9.89. The van der Waals surface area contributed by atoms with Gasteiger partial charge in [0.2, 0.25) is 0 Å². The van der Waals surface area contributed by atoms with Gasteiger partial charge in [-0.2, -0.15) is 0 Å². The molecule has 2 aromatic heterocycles. The van der Waals surface area contributed by atoms with Crippen LogP contribution in [0, 0.1) is 2.88 Å². The Balaban J connectivity index is 2.06. The highest BCUT2D eigenvalue weighted by Gasteiger charge is 2.10. The molecule has 0 spiro atoms. The molecule has 0 bridgehead atoms. The molecule has 74 valence electrons. The van der Waals surface area contributed by atoms with Gasteiger partial charge in [0.15, 0.2) is 0 Å². The second kappa shape index (κ2) is 4.69. The maximum Gasteiger partial charge on any atom is 0.0847 e. The molecule has 2 aromatic rings. The van der Waals surface area contributed by atoms with E-state index in [2.05, 4.69) is 27.6 Å². The molecule has 0 fully saturated rings. The van der Waals surface area contributed by atoms with Crippen LogP contribution in [0.25, 0.3) is 0 Å². The van der Waals surface area contributed by atoms with Crippen LogP contribution in [-0.2, 0) is 6.42 Å². The molecule has 0 radical (unpaired) electrons. The zero-order valence-electron chi connectivity index (χ0n) is 7.18. The van der Waals surface area contributed by atoms with Gasteiger partial charge in [-0.25, -0.2) is 0 Å². The normalized spacial score (nSPS) is 13.0. The molecule has 0 aliphatic carbocycles. The molecule has 0 saturated carbocycles. The van der Waals surface area contributed by atoms with Gasteiger partial charge in [0.05, 0.1) is 14.5 Å². The van der Waals surface area contributed by atoms with Crippen LogP contribution in [0.2, 0.25) is 0 Å². The number of rotatable bonds is 3. The molecule has 5 heteroatoms. The molecule has 2 heterocycles. The number of hydrogen-bond donors (Lipinski definition) is 1. The summed E-state index contributed by atoms with van der Waals surface area (Å²) < 4.78 is 1.21. The smallest absolute Gasteiger partial charge is 0.0847 e. The summed E-state index contributed by atoms with van der Waals surface area (Å²) in [6.45, 7) is 0. The summed E-state index contributed by atoms with van der Waals surface area (Å²) in [4.78, 5) is 5.11. The number of hydrogen-bond acceptors (Lipinski definition) is 4. The minimum Gasteiger partial charge on any atom is -0.388 e. The van der Waals surface area contributed by atoms with E-state index in [-0.39, 0.29) is 0 Å². The molecule has 0 amide bonds. The maximum absolute atomic E-state index is 9.89. The van der Waals surface area contributed by atoms with Gasteiger partial charge in [-0.3, -0.25) is 4.98 Å². The minimum atomic E-state index is -0.393. The van der Waals surface area contributed by atoms with Gasteiger partial charge in [-0.1, -0.05) is 0 Å². The Hall–Kier alpha value is 0.0200. The predicted octanol–water partition coefficient (Wildman–Crippen LogP) is 3.09. The van der Waals surface area contributed by atoms with Gasteiger partial charge in [-0.15, -0.1) is 22.7 Å². The van der Waals surface area contributed by atoms with E-state index >= 15 is 0 Å². The highest BCUT2D eigenvalue weighted by Crippen LogP contribution is 2.25. The van der Waals surface area contributed by atoms with E-state index in [9.17, 15) is 5.11 Å². The number of aliphatic hydroxyl groups excluding tert-OH is 1. The monoisotopic (exact) mass is 337 g/mol. The molecular weight excluding hydrogens is 329 g/mol. The lowest BCUT2D eigenvalue weighted by atomic mass is 10.1. The van der Waals surface area contributed by atoms with Crippen LogP contribution in [0.5, 0.6) is 0 Å². The topological polar surface area (TPSA) is 33.1 Å². The molecule has 0 aromatic carbocycles. The molecule has 0 saturated heterocycles. The van der Waals surface area contributed by atoms with Crippen molar-refractivity contribution in [1.82, 2.24) is 4.98 Å². The number of halogens is 1. The van der Waals surface area contributed by atoms with Crippen LogP contribution in [0.4, 0.5) is 0 Å². The number of thiophene rings is 1. The lowest BCUT2D eigenvalue weighted by Crippen LogP contribution is -1.98. The van der Waals surface area contributed by atoms with Crippen molar-refractivity contribution in [2.45, 2.75) is 12.5 Å². The van der Waals surface area contributed by atoms with Crippen molar-refractivity contribution in [3.8, 4) is 0 Å². The van der Waals surface area contributed by atoms with Crippen molar-refractivity contribution < 1.29 is 5.11 Å². The van der Waals surface area contributed by atoms with Crippen LogP contribution in [0.1, 0.15) is 16.5 Å². The van der Waals surface area contributed by atoms with E-state index in [4.69, 9.17) is 0 Å². The van der Waals surface area contributed by atoms with E-state index in [1.807, 2.05) is 17.6 Å². The van der Waals surface area contributed by atoms with Gasteiger partial charge in [0, 0.05) is 17.5 Å². The average Bonchev–Trinajstić information content (AvgIpc) is 2.75. The summed E-state index contributed by atoms with van der Waals surface area (Å²) in [5.74, 6) is 0. The first kappa shape index (κ1) is 10.5. The Morgan fingerprint density at radius 1 is 1.50 bits per heavy atom. The second-order valence-electron chi connectivity index (χ2n) is 2.87. The van der Waals surface area contributed by atoms with Gasteiger partial charge in [0.1, 0.15) is 0 Å². The third-order valence-electron chi connectivity index (χ3n) is 1.85. The molecule has 0 aliphatic heterocycles. The first-order chi connectivity index (χ1) is 6.75. The number of nitrogens with zero attached hydrogens (tertiary/aromatic N) is 1. The average molecular weight is 337 g/mol. The standard InChI is InChI=1S/C9H8INOS2/c10-9-1-6(4-13-9)8(12)2-7-3-11-5-14-7/h1,3-5,8,12H,2H2. The Morgan fingerprint density at radius 2 is 2.36 bits per heavy atom. The van der Waals surface area contributed by atoms with E-state index in [0.717, 1.165) is 10.4 Å². The lowest BCUT2D eigenvalue weighted by molar-refractivity contribution is 0.180. The molecular formula is C9H8INOS2. The Kier molecular flexibility index (Phi) is 3.53. The number of aromatic nitrogens is 1. The summed E-state index contributed by atoms with van der Waals surface area (Å²) in [5.41, 5.74) is 2.80. The third-order valence-corrected chi connectivity index (χ3v) is 4.46. The summed E-state index contributed by atoms with van der Waals surface area (Å²) in [7, 11) is 0. The second-order valence-corrected chi connectivity index (χ2v) is 6.65. The largest absolute Gasteiger partial charge is 0.388 e. The Bertz CT molecular complexity index is 399. The molecule has 2 nitrogen and oxygen atoms in total. The van der Waals surface area contributed by atoms with Crippen molar-refractivity contribution in [2.75, 3.05) is 0 Å².